The summed E-state index contributed by atoms with van der Waals surface area (Å²) in [5.74, 6) is -2.04. The topological polar surface area (TPSA) is 276 Å². The van der Waals surface area contributed by atoms with Gasteiger partial charge in [0.25, 0.3) is 23.6 Å². The van der Waals surface area contributed by atoms with Crippen LogP contribution in [-0.2, 0) is 43.0 Å². The molecule has 2 aromatic heterocycles. The molecular weight excluding hydrogens is 1060 g/mol. The van der Waals surface area contributed by atoms with E-state index in [1.54, 1.807) is 24.6 Å². The van der Waals surface area contributed by atoms with Gasteiger partial charge in [0.1, 0.15) is 22.8 Å². The number of unbranched alkanes of at least 4 members (excludes halogenated alkanes) is 3. The summed E-state index contributed by atoms with van der Waals surface area (Å²) < 4.78 is 13.8. The second-order valence-electron chi connectivity index (χ2n) is 19.3. The second-order valence-corrected chi connectivity index (χ2v) is 21.4. The van der Waals surface area contributed by atoms with Crippen molar-refractivity contribution in [1.29, 1.82) is 0 Å². The highest BCUT2D eigenvalue weighted by Gasteiger charge is 2.23. The predicted molar refractivity (Wildman–Crippen MR) is 320 cm³/mol. The van der Waals surface area contributed by atoms with E-state index in [2.05, 4.69) is 114 Å². The van der Waals surface area contributed by atoms with Crippen molar-refractivity contribution in [3.05, 3.63) is 81.3 Å². The maximum Gasteiger partial charge on any atom is 0.353 e. The number of nitrogens with two attached hydrogens (primary N) is 1. The molecule has 3 unspecified atom stereocenters. The number of hydrogen-bond acceptors (Lipinski definition) is 15. The number of thiazole rings is 2. The Balaban J connectivity index is 0. The van der Waals surface area contributed by atoms with Crippen molar-refractivity contribution in [3.63, 3.8) is 0 Å². The number of carbonyl (C=O) groups excluding carboxylic acids is 8. The Hall–Kier alpha value is -6.06. The molecule has 2 aliphatic rings. The van der Waals surface area contributed by atoms with Crippen molar-refractivity contribution >= 4 is 70.1 Å². The number of esters is 2. The summed E-state index contributed by atoms with van der Waals surface area (Å²) in [6.45, 7) is 35.9. The van der Waals surface area contributed by atoms with Crippen LogP contribution in [0.3, 0.4) is 0 Å². The van der Waals surface area contributed by atoms with Gasteiger partial charge < -0.3 is 46.5 Å². The number of methoxy groups -OCH3 is 2. The average Bonchev–Trinajstić information content (AvgIpc) is 4.11. The van der Waals surface area contributed by atoms with Crippen molar-refractivity contribution in [2.45, 2.75) is 191 Å². The number of aromatic nitrogens is 2. The lowest BCUT2D eigenvalue weighted by Gasteiger charge is -2.26. The Bertz CT molecular complexity index is 2130. The Morgan fingerprint density at radius 3 is 1.44 bits per heavy atom. The van der Waals surface area contributed by atoms with E-state index < -0.39 is 35.6 Å². The quantitative estimate of drug-likeness (QED) is 0.0307. The molecule has 1 aliphatic heterocycles. The summed E-state index contributed by atoms with van der Waals surface area (Å²) in [6, 6.07) is 0.462. The molecule has 4 rings (SSSR count). The molecule has 19 nitrogen and oxygen atoms in total. The highest BCUT2D eigenvalue weighted by atomic mass is 32.1. The number of primary amides is 1. The minimum Gasteiger partial charge on any atom is -0.464 e. The smallest absolute Gasteiger partial charge is 0.353 e. The number of rotatable bonds is 25. The zero-order valence-corrected chi connectivity index (χ0v) is 51.9. The van der Waals surface area contributed by atoms with Gasteiger partial charge in [0.15, 0.2) is 0 Å². The number of nitrogens with one attached hydrogen (secondary N) is 5. The van der Waals surface area contributed by atoms with Gasteiger partial charge in [-0.15, -0.1) is 22.7 Å². The summed E-state index contributed by atoms with van der Waals surface area (Å²) in [5, 5.41) is 16.7. The number of ether oxygens (including phenoxy) is 3. The normalized spacial score (nSPS) is 13.7. The molecule has 0 spiro atoms. The molecule has 21 heteroatoms. The molecule has 3 heterocycles. The van der Waals surface area contributed by atoms with Gasteiger partial charge in [-0.1, -0.05) is 152 Å². The largest absolute Gasteiger partial charge is 0.464 e. The monoisotopic (exact) mass is 1160 g/mol. The maximum atomic E-state index is 12.4. The van der Waals surface area contributed by atoms with E-state index in [-0.39, 0.29) is 51.9 Å². The first kappa shape index (κ1) is 76.0. The number of nitrogens with zero attached hydrogens (tertiary/aromatic N) is 2. The third-order valence-electron chi connectivity index (χ3n) is 12.7. The second kappa shape index (κ2) is 45.6. The van der Waals surface area contributed by atoms with Gasteiger partial charge in [0, 0.05) is 41.9 Å². The van der Waals surface area contributed by atoms with Crippen LogP contribution >= 0.6 is 22.7 Å². The number of amides is 6. The van der Waals surface area contributed by atoms with Crippen LogP contribution in [0.2, 0.25) is 0 Å². The lowest BCUT2D eigenvalue weighted by Crippen LogP contribution is -2.40. The fourth-order valence-corrected chi connectivity index (χ4v) is 8.53. The van der Waals surface area contributed by atoms with Crippen LogP contribution in [0.4, 0.5) is 0 Å². The van der Waals surface area contributed by atoms with Gasteiger partial charge >= 0.3 is 11.9 Å². The predicted octanol–water partition coefficient (Wildman–Crippen LogP) is 10.6. The van der Waals surface area contributed by atoms with Gasteiger partial charge in [0.05, 0.1) is 35.6 Å². The van der Waals surface area contributed by atoms with Crippen LogP contribution in [0.1, 0.15) is 202 Å². The van der Waals surface area contributed by atoms with E-state index in [0.717, 1.165) is 68.2 Å². The van der Waals surface area contributed by atoms with Crippen LogP contribution < -0.4 is 32.3 Å². The standard InChI is InChI=1S/C17H33NO.2C12H13N3O4S.C10H22.C6H11NO2.C2H6/c1-4-9-15(13-12-14(3)5-2)17(19)18-16-10-7-6-8-11-16;2*1-6(10(16)14-7(2)12(18)19-4)13-11(17)9-5-20-8(3)15-9;1-4-6-7-8-9-10(3)5-2;7-6(8)5-1-3-9-4-2-5;1-2/h14-16H,4-13H2,1-3H3,(H,18,19);2*5H,1-2H2,3-4H3,(H,13,17)(H,14,16);10H,4-9H2,1-3H3;5H,1-4H2,(H2,7,8);1-2H3. The van der Waals surface area contributed by atoms with Gasteiger partial charge in [-0.2, -0.15) is 0 Å². The molecule has 6 amide bonds. The summed E-state index contributed by atoms with van der Waals surface area (Å²) >= 11 is 2.62. The van der Waals surface area contributed by atoms with Crippen LogP contribution in [0.25, 0.3) is 0 Å². The molecule has 1 aliphatic carbocycles. The van der Waals surface area contributed by atoms with Crippen molar-refractivity contribution in [2.24, 2.45) is 29.4 Å². The highest BCUT2D eigenvalue weighted by Crippen LogP contribution is 2.22. The van der Waals surface area contributed by atoms with E-state index in [1.807, 2.05) is 13.8 Å². The lowest BCUT2D eigenvalue weighted by molar-refractivity contribution is -0.138. The molecule has 2 fully saturated rings. The number of aryl methyl sites for hydroxylation is 2. The van der Waals surface area contributed by atoms with Crippen molar-refractivity contribution in [3.8, 4) is 0 Å². The van der Waals surface area contributed by atoms with Crippen LogP contribution in [0.5, 0.6) is 0 Å². The van der Waals surface area contributed by atoms with Crippen LogP contribution in [0.15, 0.2) is 59.9 Å². The minimum atomic E-state index is -0.785. The van der Waals surface area contributed by atoms with Crippen molar-refractivity contribution in [2.75, 3.05) is 27.4 Å². The molecule has 3 atom stereocenters. The fourth-order valence-electron chi connectivity index (χ4n) is 7.34. The average molecular weight is 1160 g/mol. The molecule has 1 saturated carbocycles. The van der Waals surface area contributed by atoms with E-state index in [1.165, 1.54) is 106 Å². The molecule has 1 saturated heterocycles. The van der Waals surface area contributed by atoms with Gasteiger partial charge in [0.2, 0.25) is 11.8 Å². The first-order valence-corrected chi connectivity index (χ1v) is 29.9. The van der Waals surface area contributed by atoms with Crippen LogP contribution in [-0.4, -0.2) is 90.8 Å². The summed E-state index contributed by atoms with van der Waals surface area (Å²) in [5.41, 5.74) is 4.48. The Morgan fingerprint density at radius 2 is 1.07 bits per heavy atom. The third-order valence-corrected chi connectivity index (χ3v) is 14.3. The van der Waals surface area contributed by atoms with Gasteiger partial charge in [-0.05, 0) is 70.6 Å². The first-order valence-electron chi connectivity index (χ1n) is 28.2. The highest BCUT2D eigenvalue weighted by molar-refractivity contribution is 7.10. The molecule has 80 heavy (non-hydrogen) atoms. The van der Waals surface area contributed by atoms with E-state index >= 15 is 0 Å². The zero-order chi connectivity index (χ0) is 61.2. The molecule has 7 N–H and O–H groups in total. The lowest BCUT2D eigenvalue weighted by atomic mass is 9.90. The molecule has 0 aromatic carbocycles. The molecule has 0 radical (unpaired) electrons. The van der Waals surface area contributed by atoms with E-state index in [9.17, 15) is 38.4 Å². The summed E-state index contributed by atoms with van der Waals surface area (Å²) in [7, 11) is 2.31. The fraction of sp³-hybridized carbons (Fsp3) is 0.627. The summed E-state index contributed by atoms with van der Waals surface area (Å²) in [4.78, 5) is 99.7. The van der Waals surface area contributed by atoms with E-state index in [0.29, 0.717) is 25.2 Å². The first-order chi connectivity index (χ1) is 38.0. The Labute approximate surface area is 486 Å². The minimum absolute atomic E-state index is 0.0683. The maximum absolute atomic E-state index is 12.4. The van der Waals surface area contributed by atoms with Crippen molar-refractivity contribution in [1.82, 2.24) is 36.6 Å². The Morgan fingerprint density at radius 1 is 0.625 bits per heavy atom. The zero-order valence-electron chi connectivity index (χ0n) is 50.3. The molecule has 0 bridgehead atoms. The van der Waals surface area contributed by atoms with Crippen molar-refractivity contribution < 1.29 is 52.6 Å². The number of carbonyl (C=O) groups is 8. The van der Waals surface area contributed by atoms with Gasteiger partial charge in [-0.25, -0.2) is 19.6 Å². The SMILES string of the molecule is C=C(NC(=O)c1csc(C)n1)C(=O)NC(=C)C(=O)OC.C=C(NC(=O)c1csc(C)n1)C(=O)NC(=C)C(=O)OC.CC.CCCC(CCC(C)CC)C(=O)NC1CCCCC1.CCCCCCC(C)CC.NC(=O)C1CCOCC1. The molecular formula is C59H98N8O11S2. The number of hydrogen-bond donors (Lipinski definition) is 6. The summed E-state index contributed by atoms with van der Waals surface area (Å²) in [6.07, 6.45) is 22.0. The molecule has 452 valence electrons. The molecule has 2 aromatic rings. The van der Waals surface area contributed by atoms with Crippen LogP contribution in [0, 0.1) is 37.5 Å². The van der Waals surface area contributed by atoms with E-state index in [4.69, 9.17) is 10.5 Å². The third kappa shape index (κ3) is 34.8. The Kier molecular flexibility index (Phi) is 43.4. The van der Waals surface area contributed by atoms with Gasteiger partial charge in [-0.3, -0.25) is 28.8 Å².